The third kappa shape index (κ3) is 3.07. The molecule has 4 nitrogen and oxygen atoms in total. The van der Waals surface area contributed by atoms with Crippen molar-refractivity contribution >= 4 is 22.6 Å². The van der Waals surface area contributed by atoms with Crippen molar-refractivity contribution in [1.29, 1.82) is 5.26 Å². The SMILES string of the molecule is CC(C)(C)OC(=O)Nc1ccc(C#N)c2ccccc12. The van der Waals surface area contributed by atoms with Gasteiger partial charge in [0.25, 0.3) is 0 Å². The first-order valence-electron chi connectivity index (χ1n) is 6.32. The molecule has 0 aromatic heterocycles. The van der Waals surface area contributed by atoms with Crippen LogP contribution in [0.3, 0.4) is 0 Å². The molecule has 2 rings (SSSR count). The fraction of sp³-hybridized carbons (Fsp3) is 0.250. The highest BCUT2D eigenvalue weighted by Gasteiger charge is 2.17. The number of fused-ring (bicyclic) bond motifs is 1. The molecule has 0 atom stereocenters. The van der Waals surface area contributed by atoms with Crippen molar-refractivity contribution in [1.82, 2.24) is 0 Å². The quantitative estimate of drug-likeness (QED) is 0.848. The summed E-state index contributed by atoms with van der Waals surface area (Å²) in [4.78, 5) is 11.8. The Bertz CT molecular complexity index is 694. The lowest BCUT2D eigenvalue weighted by molar-refractivity contribution is 0.0636. The predicted octanol–water partition coefficient (Wildman–Crippen LogP) is 4.06. The molecule has 1 N–H and O–H groups in total. The summed E-state index contributed by atoms with van der Waals surface area (Å²) < 4.78 is 5.23. The second-order valence-electron chi connectivity index (χ2n) is 5.44. The molecule has 0 bridgehead atoms. The van der Waals surface area contributed by atoms with E-state index < -0.39 is 11.7 Å². The minimum absolute atomic E-state index is 0.507. The number of anilines is 1. The molecule has 0 heterocycles. The maximum atomic E-state index is 11.8. The Balaban J connectivity index is 2.37. The fourth-order valence-electron chi connectivity index (χ4n) is 1.92. The maximum absolute atomic E-state index is 11.8. The summed E-state index contributed by atoms with van der Waals surface area (Å²) in [5, 5.41) is 13.4. The van der Waals surface area contributed by atoms with Gasteiger partial charge in [-0.2, -0.15) is 5.26 Å². The number of ether oxygens (including phenoxy) is 1. The zero-order valence-electron chi connectivity index (χ0n) is 11.7. The van der Waals surface area contributed by atoms with Gasteiger partial charge in [0.2, 0.25) is 0 Å². The number of amides is 1. The van der Waals surface area contributed by atoms with Crippen molar-refractivity contribution in [3.63, 3.8) is 0 Å². The van der Waals surface area contributed by atoms with Gasteiger partial charge >= 0.3 is 6.09 Å². The second kappa shape index (κ2) is 5.22. The van der Waals surface area contributed by atoms with E-state index in [1.54, 1.807) is 12.1 Å². The molecule has 0 aliphatic carbocycles. The van der Waals surface area contributed by atoms with Crippen LogP contribution >= 0.6 is 0 Å². The van der Waals surface area contributed by atoms with Crippen molar-refractivity contribution in [3.8, 4) is 6.07 Å². The second-order valence-corrected chi connectivity index (χ2v) is 5.44. The first-order valence-corrected chi connectivity index (χ1v) is 6.32. The highest BCUT2D eigenvalue weighted by molar-refractivity contribution is 6.02. The van der Waals surface area contributed by atoms with Crippen LogP contribution in [-0.2, 0) is 4.74 Å². The van der Waals surface area contributed by atoms with Gasteiger partial charge in [-0.15, -0.1) is 0 Å². The van der Waals surface area contributed by atoms with Gasteiger partial charge in [-0.3, -0.25) is 5.32 Å². The van der Waals surface area contributed by atoms with Gasteiger partial charge in [0.15, 0.2) is 0 Å². The Morgan fingerprint density at radius 1 is 1.15 bits per heavy atom. The molecule has 0 saturated heterocycles. The summed E-state index contributed by atoms with van der Waals surface area (Å²) in [5.41, 5.74) is 0.663. The van der Waals surface area contributed by atoms with Crippen molar-refractivity contribution in [2.75, 3.05) is 5.32 Å². The fourth-order valence-corrected chi connectivity index (χ4v) is 1.92. The molecule has 0 fully saturated rings. The normalized spacial score (nSPS) is 10.9. The summed E-state index contributed by atoms with van der Waals surface area (Å²) in [5.74, 6) is 0. The van der Waals surface area contributed by atoms with Crippen LogP contribution < -0.4 is 5.32 Å². The van der Waals surface area contributed by atoms with Crippen molar-refractivity contribution in [2.45, 2.75) is 26.4 Å². The first kappa shape index (κ1) is 13.9. The molecule has 0 aliphatic heterocycles. The van der Waals surface area contributed by atoms with Crippen LogP contribution in [0.2, 0.25) is 0 Å². The van der Waals surface area contributed by atoms with Crippen LogP contribution in [0.25, 0.3) is 10.8 Å². The zero-order valence-corrected chi connectivity index (χ0v) is 11.7. The van der Waals surface area contributed by atoms with E-state index in [1.165, 1.54) is 0 Å². The van der Waals surface area contributed by atoms with E-state index in [2.05, 4.69) is 11.4 Å². The standard InChI is InChI=1S/C16H16N2O2/c1-16(2,3)20-15(19)18-14-9-8-11(10-17)12-6-4-5-7-13(12)14/h4-9H,1-3H3,(H,18,19). The number of benzene rings is 2. The van der Waals surface area contributed by atoms with Crippen LogP contribution in [0.4, 0.5) is 10.5 Å². The van der Waals surface area contributed by atoms with Crippen LogP contribution in [-0.4, -0.2) is 11.7 Å². The lowest BCUT2D eigenvalue weighted by Crippen LogP contribution is -2.27. The van der Waals surface area contributed by atoms with Gasteiger partial charge < -0.3 is 4.74 Å². The van der Waals surface area contributed by atoms with E-state index >= 15 is 0 Å². The summed E-state index contributed by atoms with van der Waals surface area (Å²) in [7, 11) is 0. The molecule has 0 spiro atoms. The van der Waals surface area contributed by atoms with Gasteiger partial charge in [0.1, 0.15) is 5.60 Å². The lowest BCUT2D eigenvalue weighted by atomic mass is 10.0. The van der Waals surface area contributed by atoms with Crippen LogP contribution in [0, 0.1) is 11.3 Å². The highest BCUT2D eigenvalue weighted by atomic mass is 16.6. The Morgan fingerprint density at radius 2 is 1.80 bits per heavy atom. The molecule has 2 aromatic carbocycles. The van der Waals surface area contributed by atoms with Crippen LogP contribution in [0.15, 0.2) is 36.4 Å². The van der Waals surface area contributed by atoms with Crippen molar-refractivity contribution in [3.05, 3.63) is 42.0 Å². The third-order valence-electron chi connectivity index (χ3n) is 2.68. The van der Waals surface area contributed by atoms with Gasteiger partial charge in [-0.05, 0) is 32.9 Å². The smallest absolute Gasteiger partial charge is 0.412 e. The lowest BCUT2D eigenvalue weighted by Gasteiger charge is -2.20. The third-order valence-corrected chi connectivity index (χ3v) is 2.68. The van der Waals surface area contributed by atoms with Crippen molar-refractivity contribution < 1.29 is 9.53 Å². The van der Waals surface area contributed by atoms with E-state index in [0.717, 1.165) is 10.8 Å². The van der Waals surface area contributed by atoms with E-state index in [1.807, 2.05) is 45.0 Å². The highest BCUT2D eigenvalue weighted by Crippen LogP contribution is 2.26. The number of nitriles is 1. The van der Waals surface area contributed by atoms with Crippen molar-refractivity contribution in [2.24, 2.45) is 0 Å². The Labute approximate surface area is 118 Å². The summed E-state index contributed by atoms with van der Waals surface area (Å²) in [6, 6.07) is 13.0. The molecule has 0 radical (unpaired) electrons. The minimum atomic E-state index is -0.549. The number of nitrogens with zero attached hydrogens (tertiary/aromatic N) is 1. The first-order chi connectivity index (χ1) is 9.40. The molecule has 0 unspecified atom stereocenters. The number of carbonyl (C=O) groups excluding carboxylic acids is 1. The number of hydrogen-bond acceptors (Lipinski definition) is 3. The number of hydrogen-bond donors (Lipinski definition) is 1. The Morgan fingerprint density at radius 3 is 2.40 bits per heavy atom. The average Bonchev–Trinajstić information content (AvgIpc) is 2.37. The molecule has 2 aromatic rings. The minimum Gasteiger partial charge on any atom is -0.444 e. The maximum Gasteiger partial charge on any atom is 0.412 e. The number of carbonyl (C=O) groups is 1. The Kier molecular flexibility index (Phi) is 3.62. The molecular formula is C16H16N2O2. The molecular weight excluding hydrogens is 252 g/mol. The largest absolute Gasteiger partial charge is 0.444 e. The molecule has 0 saturated carbocycles. The van der Waals surface area contributed by atoms with Crippen LogP contribution in [0.5, 0.6) is 0 Å². The van der Waals surface area contributed by atoms with Gasteiger partial charge in [0, 0.05) is 10.8 Å². The zero-order chi connectivity index (χ0) is 14.8. The average molecular weight is 268 g/mol. The Hall–Kier alpha value is -2.54. The monoisotopic (exact) mass is 268 g/mol. The number of nitrogens with one attached hydrogen (secondary N) is 1. The van der Waals surface area contributed by atoms with E-state index in [0.29, 0.717) is 11.3 Å². The molecule has 0 aliphatic rings. The summed E-state index contributed by atoms with van der Waals surface area (Å²) in [6.45, 7) is 5.43. The predicted molar refractivity (Wildman–Crippen MR) is 78.5 cm³/mol. The molecule has 4 heteroatoms. The van der Waals surface area contributed by atoms with Gasteiger partial charge in [-0.1, -0.05) is 24.3 Å². The summed E-state index contributed by atoms with van der Waals surface area (Å²) in [6.07, 6.45) is -0.507. The van der Waals surface area contributed by atoms with E-state index in [4.69, 9.17) is 10.00 Å². The number of rotatable bonds is 1. The van der Waals surface area contributed by atoms with Crippen LogP contribution in [0.1, 0.15) is 26.3 Å². The van der Waals surface area contributed by atoms with E-state index in [9.17, 15) is 4.79 Å². The van der Waals surface area contributed by atoms with Gasteiger partial charge in [0.05, 0.1) is 17.3 Å². The molecule has 1 amide bonds. The molecule has 20 heavy (non-hydrogen) atoms. The topological polar surface area (TPSA) is 62.1 Å². The summed E-state index contributed by atoms with van der Waals surface area (Å²) >= 11 is 0. The van der Waals surface area contributed by atoms with E-state index in [-0.39, 0.29) is 0 Å². The molecule has 102 valence electrons. The van der Waals surface area contributed by atoms with Gasteiger partial charge in [-0.25, -0.2) is 4.79 Å².